The molecule has 3 N–H and O–H groups in total. The molecule has 118 valence electrons. The Balaban J connectivity index is 3.46. The minimum Gasteiger partial charge on any atom is -0.355 e. The first-order valence-corrected chi connectivity index (χ1v) is 7.67. The lowest BCUT2D eigenvalue weighted by molar-refractivity contribution is -0.125. The van der Waals surface area contributed by atoms with Crippen LogP contribution >= 0.6 is 0 Å². The second-order valence-electron chi connectivity index (χ2n) is 5.71. The Morgan fingerprint density at radius 1 is 0.800 bits per heavy atom. The van der Waals surface area contributed by atoms with Crippen molar-refractivity contribution in [1.82, 2.24) is 16.0 Å². The van der Waals surface area contributed by atoms with E-state index < -0.39 is 0 Å². The average Bonchev–Trinajstić information content (AvgIpc) is 2.37. The molecule has 0 aromatic rings. The molecule has 0 atom stereocenters. The van der Waals surface area contributed by atoms with Gasteiger partial charge >= 0.3 is 0 Å². The predicted octanol–water partition coefficient (Wildman–Crippen LogP) is 1.23. The van der Waals surface area contributed by atoms with Crippen molar-refractivity contribution in [1.29, 1.82) is 0 Å². The third kappa shape index (κ3) is 13.5. The van der Waals surface area contributed by atoms with E-state index in [4.69, 9.17) is 0 Å². The van der Waals surface area contributed by atoms with Crippen molar-refractivity contribution in [2.24, 2.45) is 0 Å². The standard InChI is InChI=1S/C15H31N3O2/c1-12(2)16-9-5-6-14(19)7-8-15(20)18-11-10-17-13(3)4/h12-13,16-17H,5-11H2,1-4H3,(H,18,20). The second-order valence-corrected chi connectivity index (χ2v) is 5.71. The van der Waals surface area contributed by atoms with Gasteiger partial charge in [0.1, 0.15) is 5.78 Å². The van der Waals surface area contributed by atoms with E-state index in [9.17, 15) is 9.59 Å². The van der Waals surface area contributed by atoms with Crippen molar-refractivity contribution >= 4 is 11.7 Å². The minimum absolute atomic E-state index is 0.0378. The molecule has 0 heterocycles. The molecule has 0 unspecified atom stereocenters. The summed E-state index contributed by atoms with van der Waals surface area (Å²) in [5.74, 6) is 0.134. The zero-order chi connectivity index (χ0) is 15.4. The molecule has 0 aromatic heterocycles. The van der Waals surface area contributed by atoms with Gasteiger partial charge in [-0.05, 0) is 13.0 Å². The molecule has 0 saturated carbocycles. The van der Waals surface area contributed by atoms with Crippen LogP contribution in [0.1, 0.15) is 53.4 Å². The highest BCUT2D eigenvalue weighted by Gasteiger charge is 2.06. The van der Waals surface area contributed by atoms with Gasteiger partial charge in [-0.1, -0.05) is 27.7 Å². The fraction of sp³-hybridized carbons (Fsp3) is 0.867. The van der Waals surface area contributed by atoms with Gasteiger partial charge in [-0.15, -0.1) is 0 Å². The van der Waals surface area contributed by atoms with Crippen molar-refractivity contribution in [3.8, 4) is 0 Å². The van der Waals surface area contributed by atoms with Gasteiger partial charge in [0.05, 0.1) is 0 Å². The molecule has 0 fully saturated rings. The summed E-state index contributed by atoms with van der Waals surface area (Å²) >= 11 is 0. The number of rotatable bonds is 12. The molecule has 0 bridgehead atoms. The van der Waals surface area contributed by atoms with Crippen molar-refractivity contribution in [3.05, 3.63) is 0 Å². The summed E-state index contributed by atoms with van der Waals surface area (Å²) in [7, 11) is 0. The Hall–Kier alpha value is -0.940. The van der Waals surface area contributed by atoms with E-state index in [1.807, 2.05) is 0 Å². The van der Waals surface area contributed by atoms with E-state index >= 15 is 0 Å². The summed E-state index contributed by atoms with van der Waals surface area (Å²) in [6.45, 7) is 10.5. The lowest BCUT2D eigenvalue weighted by Crippen LogP contribution is -2.34. The molecule has 5 heteroatoms. The molecule has 20 heavy (non-hydrogen) atoms. The molecule has 0 aliphatic carbocycles. The lowest BCUT2D eigenvalue weighted by Gasteiger charge is -2.09. The van der Waals surface area contributed by atoms with Gasteiger partial charge in [0, 0.05) is 44.4 Å². The second kappa shape index (κ2) is 11.9. The minimum atomic E-state index is -0.0378. The van der Waals surface area contributed by atoms with Gasteiger partial charge in [0.25, 0.3) is 0 Å². The van der Waals surface area contributed by atoms with Gasteiger partial charge < -0.3 is 16.0 Å². The lowest BCUT2D eigenvalue weighted by atomic mass is 10.1. The summed E-state index contributed by atoms with van der Waals surface area (Å²) in [5.41, 5.74) is 0. The first-order valence-electron chi connectivity index (χ1n) is 7.67. The highest BCUT2D eigenvalue weighted by Crippen LogP contribution is 1.98. The van der Waals surface area contributed by atoms with E-state index in [-0.39, 0.29) is 11.7 Å². The number of amides is 1. The first kappa shape index (κ1) is 19.1. The Kier molecular flexibility index (Phi) is 11.3. The Labute approximate surface area is 123 Å². The predicted molar refractivity (Wildman–Crippen MR) is 82.8 cm³/mol. The SMILES string of the molecule is CC(C)NCCCC(=O)CCC(=O)NCCNC(C)C. The van der Waals surface area contributed by atoms with Crippen LogP contribution in [0, 0.1) is 0 Å². The molecule has 0 aliphatic heterocycles. The van der Waals surface area contributed by atoms with Crippen molar-refractivity contribution in [3.63, 3.8) is 0 Å². The topological polar surface area (TPSA) is 70.2 Å². The maximum absolute atomic E-state index is 11.6. The number of carbonyl (C=O) groups is 2. The van der Waals surface area contributed by atoms with Gasteiger partial charge in [0.2, 0.25) is 5.91 Å². The van der Waals surface area contributed by atoms with Crippen molar-refractivity contribution < 1.29 is 9.59 Å². The third-order valence-electron chi connectivity index (χ3n) is 2.82. The first-order chi connectivity index (χ1) is 9.41. The van der Waals surface area contributed by atoms with E-state index in [1.165, 1.54) is 0 Å². The van der Waals surface area contributed by atoms with Crippen LogP contribution in [0.15, 0.2) is 0 Å². The van der Waals surface area contributed by atoms with Gasteiger partial charge in [0.15, 0.2) is 0 Å². The maximum Gasteiger partial charge on any atom is 0.220 e. The Morgan fingerprint density at radius 2 is 1.40 bits per heavy atom. The van der Waals surface area contributed by atoms with E-state index in [1.54, 1.807) is 0 Å². The summed E-state index contributed by atoms with van der Waals surface area (Å²) in [6.07, 6.45) is 2.06. The number of carbonyl (C=O) groups excluding carboxylic acids is 2. The van der Waals surface area contributed by atoms with Crippen LogP contribution in [0.5, 0.6) is 0 Å². The number of hydrogen-bond donors (Lipinski definition) is 3. The molecular formula is C15H31N3O2. The van der Waals surface area contributed by atoms with E-state index in [2.05, 4.69) is 43.6 Å². The summed E-state index contributed by atoms with van der Waals surface area (Å²) < 4.78 is 0. The highest BCUT2D eigenvalue weighted by molar-refractivity contribution is 5.84. The Morgan fingerprint density at radius 3 is 2.00 bits per heavy atom. The van der Waals surface area contributed by atoms with Crippen LogP contribution in [-0.4, -0.2) is 43.4 Å². The normalized spacial score (nSPS) is 11.1. The quantitative estimate of drug-likeness (QED) is 0.472. The van der Waals surface area contributed by atoms with E-state index in [0.717, 1.165) is 19.5 Å². The van der Waals surface area contributed by atoms with Gasteiger partial charge in [-0.3, -0.25) is 9.59 Å². The van der Waals surface area contributed by atoms with Crippen LogP contribution in [0.3, 0.4) is 0 Å². The Bertz CT molecular complexity index is 250. The molecule has 0 spiro atoms. The third-order valence-corrected chi connectivity index (χ3v) is 2.82. The van der Waals surface area contributed by atoms with Gasteiger partial charge in [-0.2, -0.15) is 0 Å². The molecule has 0 aliphatic rings. The zero-order valence-corrected chi connectivity index (χ0v) is 13.4. The average molecular weight is 285 g/mol. The highest BCUT2D eigenvalue weighted by atomic mass is 16.2. The number of hydrogen-bond acceptors (Lipinski definition) is 4. The monoisotopic (exact) mass is 285 g/mol. The van der Waals surface area contributed by atoms with Crippen LogP contribution in [0.25, 0.3) is 0 Å². The summed E-state index contributed by atoms with van der Waals surface area (Å²) in [6, 6.07) is 0.878. The van der Waals surface area contributed by atoms with Crippen LogP contribution < -0.4 is 16.0 Å². The molecule has 0 radical (unpaired) electrons. The molecule has 0 aromatic carbocycles. The van der Waals surface area contributed by atoms with Crippen LogP contribution in [0.4, 0.5) is 0 Å². The fourth-order valence-electron chi connectivity index (χ4n) is 1.71. The maximum atomic E-state index is 11.6. The number of nitrogens with one attached hydrogen (secondary N) is 3. The molecule has 1 amide bonds. The molecule has 0 saturated heterocycles. The van der Waals surface area contributed by atoms with Crippen molar-refractivity contribution in [2.45, 2.75) is 65.5 Å². The molecular weight excluding hydrogens is 254 g/mol. The fourth-order valence-corrected chi connectivity index (χ4v) is 1.71. The molecule has 0 rings (SSSR count). The summed E-state index contributed by atoms with van der Waals surface area (Å²) in [4.78, 5) is 23.1. The zero-order valence-electron chi connectivity index (χ0n) is 13.4. The van der Waals surface area contributed by atoms with Crippen LogP contribution in [-0.2, 0) is 9.59 Å². The molecule has 5 nitrogen and oxygen atoms in total. The number of Topliss-reactive ketones (excluding diaryl/α,β-unsaturated/α-hetero) is 1. The largest absolute Gasteiger partial charge is 0.355 e. The van der Waals surface area contributed by atoms with Crippen LogP contribution in [0.2, 0.25) is 0 Å². The summed E-state index contributed by atoms with van der Waals surface area (Å²) in [5, 5.41) is 9.30. The van der Waals surface area contributed by atoms with Crippen molar-refractivity contribution in [2.75, 3.05) is 19.6 Å². The number of ketones is 1. The van der Waals surface area contributed by atoms with Gasteiger partial charge in [-0.25, -0.2) is 0 Å². The van der Waals surface area contributed by atoms with E-state index in [0.29, 0.717) is 37.9 Å². The smallest absolute Gasteiger partial charge is 0.220 e.